The first-order chi connectivity index (χ1) is 15.5. The Morgan fingerprint density at radius 2 is 1.91 bits per heavy atom. The van der Waals surface area contributed by atoms with Crippen molar-refractivity contribution < 1.29 is 14.0 Å². The van der Waals surface area contributed by atoms with Crippen molar-refractivity contribution in [2.45, 2.75) is 25.4 Å². The topological polar surface area (TPSA) is 78.4 Å². The summed E-state index contributed by atoms with van der Waals surface area (Å²) in [5.74, 6) is -0.416. The molecule has 2 aliphatic heterocycles. The highest BCUT2D eigenvalue weighted by Crippen LogP contribution is 2.31. The number of aromatic nitrogens is 2. The molecule has 2 aliphatic rings. The molecule has 3 aromatic rings. The van der Waals surface area contributed by atoms with Gasteiger partial charge in [0.25, 0.3) is 11.8 Å². The molecule has 0 radical (unpaired) electrons. The lowest BCUT2D eigenvalue weighted by Crippen LogP contribution is -2.62. The van der Waals surface area contributed by atoms with Crippen LogP contribution in [-0.2, 0) is 0 Å². The largest absolute Gasteiger partial charge is 0.335 e. The molecule has 2 saturated heterocycles. The van der Waals surface area contributed by atoms with Crippen LogP contribution in [0.5, 0.6) is 0 Å². The van der Waals surface area contributed by atoms with Crippen molar-refractivity contribution in [1.82, 2.24) is 25.1 Å². The van der Waals surface area contributed by atoms with Crippen molar-refractivity contribution >= 4 is 34.5 Å². The third-order valence-electron chi connectivity index (χ3n) is 5.83. The molecule has 7 nitrogen and oxygen atoms in total. The fraction of sp³-hybridized carbons (Fsp3) is 0.364. The van der Waals surface area contributed by atoms with E-state index in [1.807, 2.05) is 10.3 Å². The van der Waals surface area contributed by atoms with E-state index in [9.17, 15) is 14.0 Å². The minimum absolute atomic E-state index is 0.0129. The maximum atomic E-state index is 14.1. The number of likely N-dealkylation sites (tertiary alicyclic amines) is 2. The van der Waals surface area contributed by atoms with Crippen LogP contribution in [0.4, 0.5) is 4.39 Å². The van der Waals surface area contributed by atoms with Gasteiger partial charge >= 0.3 is 0 Å². The van der Waals surface area contributed by atoms with Gasteiger partial charge in [-0.15, -0.1) is 22.7 Å². The summed E-state index contributed by atoms with van der Waals surface area (Å²) in [4.78, 5) is 38.1. The summed E-state index contributed by atoms with van der Waals surface area (Å²) in [5.41, 5.74) is 1.04. The number of hydrogen-bond donors (Lipinski definition) is 1. The van der Waals surface area contributed by atoms with E-state index < -0.39 is 0 Å². The maximum Gasteiger partial charge on any atom is 0.282 e. The second-order valence-electron chi connectivity index (χ2n) is 8.06. The first-order valence-electron chi connectivity index (χ1n) is 10.5. The van der Waals surface area contributed by atoms with Crippen LogP contribution in [0.2, 0.25) is 0 Å². The third kappa shape index (κ3) is 4.05. The van der Waals surface area contributed by atoms with E-state index in [1.54, 1.807) is 36.2 Å². The summed E-state index contributed by atoms with van der Waals surface area (Å²) in [6, 6.07) is 6.90. The van der Waals surface area contributed by atoms with Crippen LogP contribution >= 0.6 is 22.7 Å². The molecule has 166 valence electrons. The van der Waals surface area contributed by atoms with Gasteiger partial charge in [-0.2, -0.15) is 0 Å². The number of benzene rings is 1. The Kier molecular flexibility index (Phi) is 5.75. The summed E-state index contributed by atoms with van der Waals surface area (Å²) < 4.78 is 14.1. The molecular formula is C22H22FN5O2S2. The number of carbonyl (C=O) groups excluding carboxylic acids is 2. The highest BCUT2D eigenvalue weighted by atomic mass is 32.1. The number of halogens is 1. The van der Waals surface area contributed by atoms with Crippen LogP contribution in [0.1, 0.15) is 31.6 Å². The fourth-order valence-corrected chi connectivity index (χ4v) is 5.78. The van der Waals surface area contributed by atoms with E-state index in [-0.39, 0.29) is 29.7 Å². The normalized spacial score (nSPS) is 18.8. The SMILES string of the molecule is Cc1nc(-c2ccccc2F)sc1C(=O)N1CC(N[C@H]2CCN(C(=O)c3nccs3)C2)C1. The molecule has 1 atom stereocenters. The van der Waals surface area contributed by atoms with Gasteiger partial charge in [0.1, 0.15) is 15.7 Å². The van der Waals surface area contributed by atoms with Crippen molar-refractivity contribution in [2.75, 3.05) is 26.2 Å². The van der Waals surface area contributed by atoms with E-state index in [1.165, 1.54) is 28.7 Å². The van der Waals surface area contributed by atoms with Crippen LogP contribution in [0, 0.1) is 12.7 Å². The number of thiazole rings is 2. The zero-order chi connectivity index (χ0) is 22.2. The van der Waals surface area contributed by atoms with Crippen LogP contribution in [0.25, 0.3) is 10.6 Å². The summed E-state index contributed by atoms with van der Waals surface area (Å²) in [7, 11) is 0. The highest BCUT2D eigenvalue weighted by molar-refractivity contribution is 7.17. The van der Waals surface area contributed by atoms with Gasteiger partial charge in [0.15, 0.2) is 5.01 Å². The molecule has 0 spiro atoms. The molecule has 0 aliphatic carbocycles. The molecule has 1 aromatic carbocycles. The maximum absolute atomic E-state index is 14.1. The van der Waals surface area contributed by atoms with Gasteiger partial charge < -0.3 is 15.1 Å². The van der Waals surface area contributed by atoms with Crippen LogP contribution in [0.15, 0.2) is 35.8 Å². The van der Waals surface area contributed by atoms with E-state index in [0.29, 0.717) is 52.3 Å². The number of aryl methyl sites for hydroxylation is 1. The molecule has 10 heteroatoms. The molecule has 2 fully saturated rings. The lowest BCUT2D eigenvalue weighted by Gasteiger charge is -2.41. The fourth-order valence-electron chi connectivity index (χ4n) is 4.12. The third-order valence-corrected chi connectivity index (χ3v) is 7.77. The number of nitrogens with one attached hydrogen (secondary N) is 1. The van der Waals surface area contributed by atoms with E-state index >= 15 is 0 Å². The number of amides is 2. The van der Waals surface area contributed by atoms with Gasteiger partial charge in [-0.25, -0.2) is 14.4 Å². The van der Waals surface area contributed by atoms with E-state index in [2.05, 4.69) is 15.3 Å². The van der Waals surface area contributed by atoms with Gasteiger partial charge in [0.05, 0.1) is 5.69 Å². The quantitative estimate of drug-likeness (QED) is 0.619. The first kappa shape index (κ1) is 21.2. The molecule has 4 heterocycles. The van der Waals surface area contributed by atoms with Crippen molar-refractivity contribution in [2.24, 2.45) is 0 Å². The Morgan fingerprint density at radius 1 is 1.12 bits per heavy atom. The standard InChI is InChI=1S/C22H22FN5O2S2/c1-13-18(32-19(25-13)16-4-2-3-5-17(16)23)21(29)28-11-15(12-28)26-14-6-8-27(10-14)22(30)20-24-7-9-31-20/h2-5,7,9,14-15,26H,6,8,10-12H2,1H3/t14-/m0/s1. The van der Waals surface area contributed by atoms with Crippen LogP contribution in [0.3, 0.4) is 0 Å². The zero-order valence-corrected chi connectivity index (χ0v) is 19.1. The number of nitrogens with zero attached hydrogens (tertiary/aromatic N) is 4. The second kappa shape index (κ2) is 8.68. The lowest BCUT2D eigenvalue weighted by atomic mass is 10.1. The van der Waals surface area contributed by atoms with Crippen molar-refractivity contribution in [3.05, 3.63) is 57.2 Å². The van der Waals surface area contributed by atoms with Gasteiger partial charge in [-0.3, -0.25) is 9.59 Å². The minimum Gasteiger partial charge on any atom is -0.335 e. The summed E-state index contributed by atoms with van der Waals surface area (Å²) >= 11 is 2.60. The predicted molar refractivity (Wildman–Crippen MR) is 121 cm³/mol. The van der Waals surface area contributed by atoms with Crippen LogP contribution < -0.4 is 5.32 Å². The monoisotopic (exact) mass is 471 g/mol. The Morgan fingerprint density at radius 3 is 2.66 bits per heavy atom. The smallest absolute Gasteiger partial charge is 0.282 e. The molecule has 2 amide bonds. The molecule has 0 bridgehead atoms. The average molecular weight is 472 g/mol. The Bertz CT molecular complexity index is 1140. The molecule has 2 aromatic heterocycles. The second-order valence-corrected chi connectivity index (χ2v) is 9.95. The average Bonchev–Trinajstić information content (AvgIpc) is 3.51. The number of carbonyl (C=O) groups is 2. The van der Waals surface area contributed by atoms with Crippen LogP contribution in [-0.4, -0.2) is 69.8 Å². The van der Waals surface area contributed by atoms with Gasteiger partial charge in [-0.05, 0) is 25.5 Å². The van der Waals surface area contributed by atoms with E-state index in [0.717, 1.165) is 6.42 Å². The summed E-state index contributed by atoms with van der Waals surface area (Å²) in [6.45, 7) is 4.38. The Balaban J connectivity index is 1.15. The summed E-state index contributed by atoms with van der Waals surface area (Å²) in [5, 5.41) is 6.43. The van der Waals surface area contributed by atoms with E-state index in [4.69, 9.17) is 0 Å². The molecule has 1 N–H and O–H groups in total. The zero-order valence-electron chi connectivity index (χ0n) is 17.5. The first-order valence-corrected chi connectivity index (χ1v) is 12.2. The molecular weight excluding hydrogens is 449 g/mol. The number of rotatable bonds is 5. The van der Waals surface area contributed by atoms with Crippen molar-refractivity contribution in [3.8, 4) is 10.6 Å². The Hall–Kier alpha value is -2.69. The minimum atomic E-state index is -0.340. The van der Waals surface area contributed by atoms with Gasteiger partial charge in [-0.1, -0.05) is 12.1 Å². The number of hydrogen-bond acceptors (Lipinski definition) is 7. The predicted octanol–water partition coefficient (Wildman–Crippen LogP) is 3.04. The van der Waals surface area contributed by atoms with Gasteiger partial charge in [0.2, 0.25) is 0 Å². The molecule has 32 heavy (non-hydrogen) atoms. The summed E-state index contributed by atoms with van der Waals surface area (Å²) in [6.07, 6.45) is 2.54. The molecule has 5 rings (SSSR count). The highest BCUT2D eigenvalue weighted by Gasteiger charge is 2.36. The van der Waals surface area contributed by atoms with Crippen molar-refractivity contribution in [3.63, 3.8) is 0 Å². The molecule has 0 unspecified atom stereocenters. The van der Waals surface area contributed by atoms with Gasteiger partial charge in [0, 0.05) is 55.4 Å². The molecule has 0 saturated carbocycles. The lowest BCUT2D eigenvalue weighted by molar-refractivity contribution is 0.0556. The Labute approximate surface area is 192 Å². The van der Waals surface area contributed by atoms with Crippen molar-refractivity contribution in [1.29, 1.82) is 0 Å².